The maximum absolute atomic E-state index is 12.3. The summed E-state index contributed by atoms with van der Waals surface area (Å²) in [5, 5.41) is 6.01. The highest BCUT2D eigenvalue weighted by Gasteiger charge is 2.21. The van der Waals surface area contributed by atoms with Crippen LogP contribution >= 0.6 is 11.6 Å². The van der Waals surface area contributed by atoms with Gasteiger partial charge in [0.05, 0.1) is 21.7 Å². The Morgan fingerprint density at radius 1 is 1.16 bits per heavy atom. The lowest BCUT2D eigenvalue weighted by Gasteiger charge is -2.11. The largest absolute Gasteiger partial charge is 0.444 e. The van der Waals surface area contributed by atoms with Gasteiger partial charge in [0.25, 0.3) is 10.0 Å². The van der Waals surface area contributed by atoms with E-state index in [1.807, 2.05) is 33.7 Å². The van der Waals surface area contributed by atoms with Crippen molar-refractivity contribution in [2.24, 2.45) is 7.05 Å². The van der Waals surface area contributed by atoms with Crippen LogP contribution in [-0.4, -0.2) is 28.9 Å². The summed E-state index contributed by atoms with van der Waals surface area (Å²) in [6.45, 7) is 1.64. The van der Waals surface area contributed by atoms with Crippen LogP contribution in [0.3, 0.4) is 0 Å². The summed E-state index contributed by atoms with van der Waals surface area (Å²) < 4.78 is 35.4. The lowest BCUT2D eigenvalue weighted by molar-refractivity contribution is 0.145. The molecule has 0 radical (unpaired) electrons. The standard InChI is InChI=1S/C21H19ClN4O4S/c1-14-18(13-30-21(27)24-31(28,29)17-6-4-3-5-7-17)20(25(2)23-14)26-11-10-15-12-16(22)8-9-19(15)26/h3-12H,13H2,1-2H3,(H,24,27). The molecular formula is C21H19ClN4O4S. The summed E-state index contributed by atoms with van der Waals surface area (Å²) in [5.41, 5.74) is 2.22. The molecule has 0 aliphatic rings. The Hall–Kier alpha value is -3.30. The Kier molecular flexibility index (Phi) is 5.47. The number of carbonyl (C=O) groups excluding carboxylic acids is 1. The zero-order valence-electron chi connectivity index (χ0n) is 16.7. The van der Waals surface area contributed by atoms with E-state index < -0.39 is 16.1 Å². The van der Waals surface area contributed by atoms with Crippen LogP contribution in [0.5, 0.6) is 0 Å². The van der Waals surface area contributed by atoms with Crippen molar-refractivity contribution in [2.75, 3.05) is 0 Å². The first kappa shape index (κ1) is 21.0. The third-order valence-corrected chi connectivity index (χ3v) is 6.38. The highest BCUT2D eigenvalue weighted by molar-refractivity contribution is 7.90. The molecule has 10 heteroatoms. The van der Waals surface area contributed by atoms with Crippen LogP contribution in [0.4, 0.5) is 4.79 Å². The molecule has 2 aromatic carbocycles. The molecule has 4 rings (SSSR count). The summed E-state index contributed by atoms with van der Waals surface area (Å²) in [6, 6.07) is 15.1. The topological polar surface area (TPSA) is 95.2 Å². The van der Waals surface area contributed by atoms with E-state index in [4.69, 9.17) is 16.3 Å². The number of rotatable bonds is 5. The van der Waals surface area contributed by atoms with Crippen LogP contribution in [0.15, 0.2) is 65.7 Å². The fourth-order valence-corrected chi connectivity index (χ4v) is 4.49. The van der Waals surface area contributed by atoms with Gasteiger partial charge in [-0.25, -0.2) is 17.9 Å². The molecule has 0 unspecified atom stereocenters. The van der Waals surface area contributed by atoms with Gasteiger partial charge in [-0.15, -0.1) is 0 Å². The predicted octanol–water partition coefficient (Wildman–Crippen LogP) is 3.94. The van der Waals surface area contributed by atoms with Gasteiger partial charge in [-0.3, -0.25) is 4.68 Å². The second-order valence-corrected chi connectivity index (χ2v) is 9.01. The number of amides is 1. The van der Waals surface area contributed by atoms with Gasteiger partial charge < -0.3 is 9.30 Å². The van der Waals surface area contributed by atoms with Crippen LogP contribution in [0.25, 0.3) is 16.7 Å². The first-order valence-corrected chi connectivity index (χ1v) is 11.2. The van der Waals surface area contributed by atoms with Gasteiger partial charge in [0.1, 0.15) is 12.4 Å². The van der Waals surface area contributed by atoms with Gasteiger partial charge in [-0.05, 0) is 43.3 Å². The molecule has 0 saturated carbocycles. The fraction of sp³-hybridized carbons (Fsp3) is 0.143. The van der Waals surface area contributed by atoms with Gasteiger partial charge in [0, 0.05) is 23.7 Å². The summed E-state index contributed by atoms with van der Waals surface area (Å²) >= 11 is 6.08. The number of hydrogen-bond acceptors (Lipinski definition) is 5. The first-order chi connectivity index (χ1) is 14.8. The Morgan fingerprint density at radius 2 is 1.90 bits per heavy atom. The smallest absolute Gasteiger partial charge is 0.421 e. The number of aryl methyl sites for hydroxylation is 2. The SMILES string of the molecule is Cc1nn(C)c(-n2ccc3cc(Cl)ccc32)c1COC(=O)NS(=O)(=O)c1ccccc1. The van der Waals surface area contributed by atoms with E-state index in [0.717, 1.165) is 10.9 Å². The van der Waals surface area contributed by atoms with Crippen LogP contribution in [0.2, 0.25) is 5.02 Å². The van der Waals surface area contributed by atoms with E-state index >= 15 is 0 Å². The van der Waals surface area contributed by atoms with E-state index in [9.17, 15) is 13.2 Å². The minimum absolute atomic E-state index is 0.0253. The number of fused-ring (bicyclic) bond motifs is 1. The highest BCUT2D eigenvalue weighted by atomic mass is 35.5. The lowest BCUT2D eigenvalue weighted by Crippen LogP contribution is -2.31. The maximum Gasteiger partial charge on any atom is 0.421 e. The van der Waals surface area contributed by atoms with Crippen LogP contribution in [0, 0.1) is 6.92 Å². The Bertz CT molecular complexity index is 1380. The van der Waals surface area contributed by atoms with Gasteiger partial charge >= 0.3 is 6.09 Å². The molecule has 0 spiro atoms. The number of hydrogen-bond donors (Lipinski definition) is 1. The minimum Gasteiger partial charge on any atom is -0.444 e. The number of aromatic nitrogens is 3. The number of nitrogens with zero attached hydrogens (tertiary/aromatic N) is 3. The molecule has 1 amide bonds. The summed E-state index contributed by atoms with van der Waals surface area (Å²) in [4.78, 5) is 12.2. The third kappa shape index (κ3) is 4.14. The number of carbonyl (C=O) groups is 1. The molecule has 8 nitrogen and oxygen atoms in total. The molecule has 31 heavy (non-hydrogen) atoms. The number of ether oxygens (including phenoxy) is 1. The zero-order valence-corrected chi connectivity index (χ0v) is 18.3. The van der Waals surface area contributed by atoms with Crippen molar-refractivity contribution >= 4 is 38.6 Å². The third-order valence-electron chi connectivity index (χ3n) is 4.81. The second kappa shape index (κ2) is 8.09. The average molecular weight is 459 g/mol. The van der Waals surface area contributed by atoms with Crippen molar-refractivity contribution in [3.05, 3.63) is 77.1 Å². The Balaban J connectivity index is 1.58. The van der Waals surface area contributed by atoms with Crippen molar-refractivity contribution in [2.45, 2.75) is 18.4 Å². The molecule has 0 atom stereocenters. The van der Waals surface area contributed by atoms with Crippen LogP contribution in [0.1, 0.15) is 11.3 Å². The summed E-state index contributed by atoms with van der Waals surface area (Å²) in [5.74, 6) is 0.702. The summed E-state index contributed by atoms with van der Waals surface area (Å²) in [6.07, 6.45) is 0.808. The highest BCUT2D eigenvalue weighted by Crippen LogP contribution is 2.27. The van der Waals surface area contributed by atoms with E-state index in [-0.39, 0.29) is 11.5 Å². The van der Waals surface area contributed by atoms with Crippen molar-refractivity contribution in [1.82, 2.24) is 19.1 Å². The monoisotopic (exact) mass is 458 g/mol. The molecule has 0 aliphatic heterocycles. The molecule has 4 aromatic rings. The van der Waals surface area contributed by atoms with Crippen molar-refractivity contribution in [1.29, 1.82) is 0 Å². The molecule has 0 saturated heterocycles. The number of nitrogens with one attached hydrogen (secondary N) is 1. The molecule has 0 aliphatic carbocycles. The van der Waals surface area contributed by atoms with Crippen LogP contribution in [-0.2, 0) is 28.4 Å². The molecule has 0 fully saturated rings. The average Bonchev–Trinajstić information content (AvgIpc) is 3.25. The van der Waals surface area contributed by atoms with E-state index in [2.05, 4.69) is 5.10 Å². The molecule has 2 aromatic heterocycles. The second-order valence-electron chi connectivity index (χ2n) is 6.89. The van der Waals surface area contributed by atoms with Gasteiger partial charge in [0.2, 0.25) is 0 Å². The number of benzene rings is 2. The molecule has 2 heterocycles. The van der Waals surface area contributed by atoms with Crippen LogP contribution < -0.4 is 4.72 Å². The number of halogens is 1. The van der Waals surface area contributed by atoms with Crippen molar-refractivity contribution in [3.8, 4) is 5.82 Å². The Labute approximate surface area is 184 Å². The normalized spacial score (nSPS) is 11.6. The fourth-order valence-electron chi connectivity index (χ4n) is 3.39. The summed E-state index contributed by atoms with van der Waals surface area (Å²) in [7, 11) is -2.23. The van der Waals surface area contributed by atoms with Crippen molar-refractivity contribution < 1.29 is 17.9 Å². The van der Waals surface area contributed by atoms with Crippen molar-refractivity contribution in [3.63, 3.8) is 0 Å². The predicted molar refractivity (Wildman–Crippen MR) is 117 cm³/mol. The quantitative estimate of drug-likeness (QED) is 0.488. The molecule has 0 bridgehead atoms. The molecular weight excluding hydrogens is 440 g/mol. The molecule has 1 N–H and O–H groups in total. The van der Waals surface area contributed by atoms with E-state index in [0.29, 0.717) is 22.1 Å². The minimum atomic E-state index is -4.02. The van der Waals surface area contributed by atoms with E-state index in [1.54, 1.807) is 42.9 Å². The van der Waals surface area contributed by atoms with Gasteiger partial charge in [-0.2, -0.15) is 5.10 Å². The first-order valence-electron chi connectivity index (χ1n) is 9.30. The molecule has 160 valence electrons. The Morgan fingerprint density at radius 3 is 2.65 bits per heavy atom. The zero-order chi connectivity index (χ0) is 22.2. The van der Waals surface area contributed by atoms with Gasteiger partial charge in [-0.1, -0.05) is 29.8 Å². The lowest BCUT2D eigenvalue weighted by atomic mass is 10.2. The van der Waals surface area contributed by atoms with E-state index in [1.165, 1.54) is 12.1 Å². The maximum atomic E-state index is 12.3. The van der Waals surface area contributed by atoms with Gasteiger partial charge in [0.15, 0.2) is 0 Å². The number of sulfonamides is 1.